The van der Waals surface area contributed by atoms with E-state index in [1.54, 1.807) is 41.3 Å². The number of hydrogen-bond donors (Lipinski definition) is 2. The van der Waals surface area contributed by atoms with E-state index in [-0.39, 0.29) is 16.8 Å². The number of nitrogens with one attached hydrogen (secondary N) is 1. The summed E-state index contributed by atoms with van der Waals surface area (Å²) >= 11 is 0. The normalized spacial score (nSPS) is 17.2. The van der Waals surface area contributed by atoms with Gasteiger partial charge in [-0.25, -0.2) is 8.42 Å². The lowest BCUT2D eigenvalue weighted by atomic mass is 10.2. The Morgan fingerprint density at radius 3 is 2.58 bits per heavy atom. The number of nitrogens with two attached hydrogens (primary N) is 1. The first-order chi connectivity index (χ1) is 12.4. The van der Waals surface area contributed by atoms with Crippen LogP contribution in [0.2, 0.25) is 0 Å². The second kappa shape index (κ2) is 7.35. The van der Waals surface area contributed by atoms with Crippen molar-refractivity contribution in [1.29, 1.82) is 0 Å². The minimum absolute atomic E-state index is 0.0254. The second-order valence-corrected chi connectivity index (χ2v) is 7.84. The van der Waals surface area contributed by atoms with E-state index in [4.69, 9.17) is 10.5 Å². The molecule has 0 radical (unpaired) electrons. The first kappa shape index (κ1) is 18.2. The second-order valence-electron chi connectivity index (χ2n) is 6.16. The number of carbonyl (C=O) groups excluding carboxylic acids is 1. The summed E-state index contributed by atoms with van der Waals surface area (Å²) in [6, 6.07) is 12.5. The van der Waals surface area contributed by atoms with Gasteiger partial charge in [-0.2, -0.15) is 0 Å². The number of ether oxygens (including phenoxy) is 1. The van der Waals surface area contributed by atoms with Gasteiger partial charge < -0.3 is 15.4 Å². The lowest BCUT2D eigenvalue weighted by Crippen LogP contribution is -2.32. The van der Waals surface area contributed by atoms with Crippen LogP contribution in [0.1, 0.15) is 16.8 Å². The van der Waals surface area contributed by atoms with E-state index >= 15 is 0 Å². The van der Waals surface area contributed by atoms with Crippen LogP contribution >= 0.6 is 0 Å². The highest BCUT2D eigenvalue weighted by molar-refractivity contribution is 7.92. The number of nitrogens with zero attached hydrogens (tertiary/aromatic N) is 1. The Balaban J connectivity index is 1.80. The van der Waals surface area contributed by atoms with Gasteiger partial charge in [0.15, 0.2) is 0 Å². The molecule has 0 saturated carbocycles. The molecule has 1 fully saturated rings. The molecule has 1 aliphatic heterocycles. The summed E-state index contributed by atoms with van der Waals surface area (Å²) in [5.74, 6) is 0.420. The van der Waals surface area contributed by atoms with Gasteiger partial charge in [-0.05, 0) is 48.9 Å². The molecule has 0 spiro atoms. The minimum atomic E-state index is -3.81. The molecule has 3 rings (SSSR count). The van der Waals surface area contributed by atoms with Gasteiger partial charge in [0, 0.05) is 30.4 Å². The maximum Gasteiger partial charge on any atom is 0.261 e. The highest BCUT2D eigenvalue weighted by Gasteiger charge is 2.25. The Morgan fingerprint density at radius 2 is 1.96 bits per heavy atom. The molecule has 1 saturated heterocycles. The Hall–Kier alpha value is -2.58. The molecule has 26 heavy (non-hydrogen) atoms. The van der Waals surface area contributed by atoms with Crippen molar-refractivity contribution in [1.82, 2.24) is 4.90 Å². The van der Waals surface area contributed by atoms with Gasteiger partial charge in [0.25, 0.3) is 15.9 Å². The van der Waals surface area contributed by atoms with Crippen molar-refractivity contribution in [3.05, 3.63) is 54.1 Å². The molecule has 0 unspecified atom stereocenters. The van der Waals surface area contributed by atoms with Crippen molar-refractivity contribution in [2.75, 3.05) is 24.9 Å². The van der Waals surface area contributed by atoms with Gasteiger partial charge in [-0.1, -0.05) is 6.07 Å². The highest BCUT2D eigenvalue weighted by Crippen LogP contribution is 2.21. The lowest BCUT2D eigenvalue weighted by molar-refractivity contribution is 0.0790. The number of amides is 1. The molecule has 8 heteroatoms. The van der Waals surface area contributed by atoms with Crippen LogP contribution in [0.5, 0.6) is 5.75 Å². The van der Waals surface area contributed by atoms with Crippen molar-refractivity contribution < 1.29 is 17.9 Å². The van der Waals surface area contributed by atoms with E-state index in [0.717, 1.165) is 6.42 Å². The first-order valence-corrected chi connectivity index (χ1v) is 9.69. The average molecular weight is 375 g/mol. The Kier molecular flexibility index (Phi) is 5.15. The number of sulfonamides is 1. The van der Waals surface area contributed by atoms with Crippen LogP contribution in [0.4, 0.5) is 5.69 Å². The molecule has 3 N–H and O–H groups in total. The highest BCUT2D eigenvalue weighted by atomic mass is 32.2. The number of likely N-dealkylation sites (tertiary alicyclic amines) is 1. The van der Waals surface area contributed by atoms with Crippen LogP contribution in [0.3, 0.4) is 0 Å². The number of rotatable bonds is 5. The molecule has 2 aromatic carbocycles. The monoisotopic (exact) mass is 375 g/mol. The summed E-state index contributed by atoms with van der Waals surface area (Å²) in [5, 5.41) is 0. The Bertz CT molecular complexity index is 897. The lowest BCUT2D eigenvalue weighted by Gasteiger charge is -2.16. The van der Waals surface area contributed by atoms with Crippen LogP contribution in [-0.4, -0.2) is 45.5 Å². The zero-order valence-corrected chi connectivity index (χ0v) is 15.2. The molecule has 2 aromatic rings. The summed E-state index contributed by atoms with van der Waals surface area (Å²) in [6.45, 7) is 1.07. The van der Waals surface area contributed by atoms with Crippen LogP contribution in [0, 0.1) is 0 Å². The summed E-state index contributed by atoms with van der Waals surface area (Å²) in [4.78, 5) is 14.2. The zero-order chi connectivity index (χ0) is 18.7. The number of benzene rings is 2. The third-order valence-corrected chi connectivity index (χ3v) is 5.62. The third kappa shape index (κ3) is 3.97. The first-order valence-electron chi connectivity index (χ1n) is 8.21. The van der Waals surface area contributed by atoms with Crippen LogP contribution in [0.25, 0.3) is 0 Å². The molecular formula is C18H21N3O4S. The zero-order valence-electron chi connectivity index (χ0n) is 14.4. The molecule has 0 aromatic heterocycles. The third-order valence-electron chi connectivity index (χ3n) is 4.25. The van der Waals surface area contributed by atoms with Gasteiger partial charge >= 0.3 is 0 Å². The molecule has 0 bridgehead atoms. The molecule has 1 aliphatic rings. The summed E-state index contributed by atoms with van der Waals surface area (Å²) in [6.07, 6.45) is 0.753. The predicted octanol–water partition coefficient (Wildman–Crippen LogP) is 1.67. The molecule has 138 valence electrons. The fourth-order valence-electron chi connectivity index (χ4n) is 2.82. The summed E-state index contributed by atoms with van der Waals surface area (Å²) < 4.78 is 32.8. The fraction of sp³-hybridized carbons (Fsp3) is 0.278. The van der Waals surface area contributed by atoms with Gasteiger partial charge in [0.05, 0.1) is 12.0 Å². The van der Waals surface area contributed by atoms with Crippen molar-refractivity contribution in [2.45, 2.75) is 17.4 Å². The Labute approximate surface area is 152 Å². The molecule has 7 nitrogen and oxygen atoms in total. The van der Waals surface area contributed by atoms with Gasteiger partial charge in [0.2, 0.25) is 0 Å². The quantitative estimate of drug-likeness (QED) is 0.828. The van der Waals surface area contributed by atoms with Gasteiger partial charge in [0.1, 0.15) is 5.75 Å². The van der Waals surface area contributed by atoms with Crippen LogP contribution < -0.4 is 15.2 Å². The van der Waals surface area contributed by atoms with E-state index in [1.165, 1.54) is 19.2 Å². The molecule has 1 amide bonds. The van der Waals surface area contributed by atoms with Crippen molar-refractivity contribution in [3.63, 3.8) is 0 Å². The van der Waals surface area contributed by atoms with Gasteiger partial charge in [-0.3, -0.25) is 9.52 Å². The minimum Gasteiger partial charge on any atom is -0.497 e. The van der Waals surface area contributed by atoms with Crippen molar-refractivity contribution in [3.8, 4) is 5.75 Å². The standard InChI is InChI=1S/C18H21N3O4S/c1-25-16-7-5-15(6-8-16)20-26(23,24)17-4-2-3-13(11-17)18(22)21-10-9-14(19)12-21/h2-8,11,14,20H,9-10,12,19H2,1H3/t14-/m1/s1. The topological polar surface area (TPSA) is 102 Å². The van der Waals surface area contributed by atoms with E-state index in [2.05, 4.69) is 4.72 Å². The van der Waals surface area contributed by atoms with E-state index < -0.39 is 10.0 Å². The number of anilines is 1. The summed E-state index contributed by atoms with van der Waals surface area (Å²) in [5.41, 5.74) is 6.58. The van der Waals surface area contributed by atoms with Crippen LogP contribution in [0.15, 0.2) is 53.4 Å². The molecule has 1 atom stereocenters. The Morgan fingerprint density at radius 1 is 1.23 bits per heavy atom. The predicted molar refractivity (Wildman–Crippen MR) is 98.7 cm³/mol. The van der Waals surface area contributed by atoms with Gasteiger partial charge in [-0.15, -0.1) is 0 Å². The van der Waals surface area contributed by atoms with Crippen molar-refractivity contribution in [2.24, 2.45) is 5.73 Å². The number of methoxy groups -OCH3 is 1. The average Bonchev–Trinajstić information content (AvgIpc) is 3.08. The summed E-state index contributed by atoms with van der Waals surface area (Å²) in [7, 11) is -2.27. The number of hydrogen-bond acceptors (Lipinski definition) is 5. The van der Waals surface area contributed by atoms with E-state index in [0.29, 0.717) is 30.1 Å². The largest absolute Gasteiger partial charge is 0.497 e. The van der Waals surface area contributed by atoms with E-state index in [9.17, 15) is 13.2 Å². The molecule has 1 heterocycles. The van der Waals surface area contributed by atoms with Crippen molar-refractivity contribution >= 4 is 21.6 Å². The SMILES string of the molecule is COc1ccc(NS(=O)(=O)c2cccc(C(=O)N3CC[C@@H](N)C3)c2)cc1. The molecular weight excluding hydrogens is 354 g/mol. The maximum atomic E-state index is 12.6. The maximum absolute atomic E-state index is 12.6. The van der Waals surface area contributed by atoms with E-state index in [1.807, 2.05) is 0 Å². The van der Waals surface area contributed by atoms with Crippen LogP contribution in [-0.2, 0) is 10.0 Å². The smallest absolute Gasteiger partial charge is 0.261 e. The molecule has 0 aliphatic carbocycles. The fourth-order valence-corrected chi connectivity index (χ4v) is 3.93. The number of carbonyl (C=O) groups is 1.